The van der Waals surface area contributed by atoms with Crippen LogP contribution in [-0.2, 0) is 17.4 Å². The van der Waals surface area contributed by atoms with Crippen LogP contribution in [0.1, 0.15) is 41.4 Å². The van der Waals surface area contributed by atoms with Crippen molar-refractivity contribution in [1.29, 1.82) is 0 Å². The molecule has 0 saturated heterocycles. The van der Waals surface area contributed by atoms with Crippen molar-refractivity contribution in [1.82, 2.24) is 20.0 Å². The minimum Gasteiger partial charge on any atom is -0.383 e. The maximum atomic E-state index is 13.0. The first-order valence-electron chi connectivity index (χ1n) is 11.0. The average molecular weight is 530 g/mol. The van der Waals surface area contributed by atoms with Crippen molar-refractivity contribution in [3.8, 4) is 21.8 Å². The van der Waals surface area contributed by atoms with Crippen molar-refractivity contribution in [3.05, 3.63) is 65.2 Å². The lowest BCUT2D eigenvalue weighted by atomic mass is 10.0. The van der Waals surface area contributed by atoms with Gasteiger partial charge in [0.1, 0.15) is 22.1 Å². The van der Waals surface area contributed by atoms with Gasteiger partial charge in [0.05, 0.1) is 12.0 Å². The molecule has 9 nitrogen and oxygen atoms in total. The Labute approximate surface area is 213 Å². The Morgan fingerprint density at radius 1 is 1.08 bits per heavy atom. The molecule has 4 rings (SSSR count). The normalized spacial score (nSPS) is 11.6. The van der Waals surface area contributed by atoms with Gasteiger partial charge in [-0.3, -0.25) is 9.59 Å². The predicted molar refractivity (Wildman–Crippen MR) is 134 cm³/mol. The van der Waals surface area contributed by atoms with Gasteiger partial charge in [-0.2, -0.15) is 18.3 Å². The molecule has 4 aromatic rings. The van der Waals surface area contributed by atoms with E-state index in [2.05, 4.69) is 20.6 Å². The summed E-state index contributed by atoms with van der Waals surface area (Å²) in [5.41, 5.74) is 12.8. The van der Waals surface area contributed by atoms with Crippen LogP contribution < -0.4 is 16.8 Å². The van der Waals surface area contributed by atoms with Gasteiger partial charge in [0.2, 0.25) is 11.0 Å². The molecule has 5 N–H and O–H groups in total. The van der Waals surface area contributed by atoms with Crippen LogP contribution in [-0.4, -0.2) is 31.8 Å². The smallest absolute Gasteiger partial charge is 0.383 e. The number of nitrogens with two attached hydrogens (primary N) is 2. The van der Waals surface area contributed by atoms with Crippen LogP contribution in [0.3, 0.4) is 0 Å². The lowest BCUT2D eigenvalue weighted by Gasteiger charge is -2.07. The molecule has 0 spiro atoms. The molecule has 0 unspecified atom stereocenters. The van der Waals surface area contributed by atoms with Gasteiger partial charge in [0.15, 0.2) is 0 Å². The number of benzene rings is 2. The van der Waals surface area contributed by atoms with Crippen molar-refractivity contribution < 1.29 is 22.8 Å². The number of carbonyl (C=O) groups is 2. The van der Waals surface area contributed by atoms with Crippen LogP contribution in [0.4, 0.5) is 24.1 Å². The Kier molecular flexibility index (Phi) is 6.99. The van der Waals surface area contributed by atoms with E-state index < -0.39 is 17.6 Å². The molecule has 0 radical (unpaired) electrons. The summed E-state index contributed by atoms with van der Waals surface area (Å²) < 4.78 is 40.4. The minimum absolute atomic E-state index is 0.00397. The molecule has 37 heavy (non-hydrogen) atoms. The second-order valence-electron chi connectivity index (χ2n) is 8.42. The molecule has 0 bridgehead atoms. The van der Waals surface area contributed by atoms with Crippen LogP contribution in [0.2, 0.25) is 0 Å². The van der Waals surface area contributed by atoms with Crippen LogP contribution in [0.5, 0.6) is 0 Å². The molecule has 0 fully saturated rings. The maximum Gasteiger partial charge on any atom is 0.416 e. The first kappa shape index (κ1) is 25.8. The van der Waals surface area contributed by atoms with Crippen LogP contribution in [0.25, 0.3) is 21.8 Å². The summed E-state index contributed by atoms with van der Waals surface area (Å²) in [5.74, 6) is -0.891. The molecule has 2 aromatic heterocycles. The number of primary amides is 1. The highest BCUT2D eigenvalue weighted by atomic mass is 32.1. The predicted octanol–water partition coefficient (Wildman–Crippen LogP) is 4.53. The van der Waals surface area contributed by atoms with Gasteiger partial charge in [-0.1, -0.05) is 47.7 Å². The summed E-state index contributed by atoms with van der Waals surface area (Å²) in [4.78, 5) is 24.5. The number of amides is 2. The molecular weight excluding hydrogens is 507 g/mol. The quantitative estimate of drug-likeness (QED) is 0.321. The highest BCUT2D eigenvalue weighted by molar-refractivity contribution is 7.18. The lowest BCUT2D eigenvalue weighted by molar-refractivity contribution is -0.137. The maximum absolute atomic E-state index is 13.0. The van der Waals surface area contributed by atoms with Crippen molar-refractivity contribution in [2.45, 2.75) is 32.5 Å². The molecule has 2 amide bonds. The number of halogens is 3. The zero-order valence-electron chi connectivity index (χ0n) is 19.7. The van der Waals surface area contributed by atoms with Gasteiger partial charge < -0.3 is 16.8 Å². The number of alkyl halides is 3. The number of hydrogen-bond donors (Lipinski definition) is 3. The van der Waals surface area contributed by atoms with Crippen molar-refractivity contribution in [2.75, 3.05) is 11.1 Å². The molecule has 13 heteroatoms. The van der Waals surface area contributed by atoms with E-state index in [1.54, 1.807) is 24.3 Å². The van der Waals surface area contributed by atoms with E-state index >= 15 is 0 Å². The number of carbonyl (C=O) groups excluding carboxylic acids is 2. The van der Waals surface area contributed by atoms with E-state index in [0.29, 0.717) is 16.8 Å². The first-order valence-corrected chi connectivity index (χ1v) is 11.8. The SMILES string of the molecule is CC(C)n1nc(-c2ccc(CC(=O)Nc3nnc(-c4cccc(C(F)(F)F)c4)s3)cc2)c(C(N)=O)c1N. The van der Waals surface area contributed by atoms with Crippen molar-refractivity contribution in [2.24, 2.45) is 5.73 Å². The highest BCUT2D eigenvalue weighted by Crippen LogP contribution is 2.34. The number of aromatic nitrogens is 4. The monoisotopic (exact) mass is 529 g/mol. The molecule has 0 saturated carbocycles. The number of rotatable bonds is 7. The summed E-state index contributed by atoms with van der Waals surface area (Å²) in [5, 5.41) is 15.2. The van der Waals surface area contributed by atoms with Gasteiger partial charge in [-0.25, -0.2) is 4.68 Å². The number of hydrogen-bond acceptors (Lipinski definition) is 7. The second kappa shape index (κ2) is 10.0. The van der Waals surface area contributed by atoms with E-state index in [4.69, 9.17) is 11.5 Å². The Morgan fingerprint density at radius 3 is 2.41 bits per heavy atom. The van der Waals surface area contributed by atoms with Gasteiger partial charge in [-0.15, -0.1) is 10.2 Å². The fourth-order valence-corrected chi connectivity index (χ4v) is 4.39. The average Bonchev–Trinajstić information content (AvgIpc) is 3.43. The summed E-state index contributed by atoms with van der Waals surface area (Å²) in [6.07, 6.45) is -4.47. The van der Waals surface area contributed by atoms with Gasteiger partial charge in [-0.05, 0) is 31.5 Å². The van der Waals surface area contributed by atoms with Crippen molar-refractivity contribution >= 4 is 34.1 Å². The highest BCUT2D eigenvalue weighted by Gasteiger charge is 2.30. The van der Waals surface area contributed by atoms with E-state index in [1.165, 1.54) is 16.8 Å². The third-order valence-corrected chi connectivity index (χ3v) is 6.27. The third-order valence-electron chi connectivity index (χ3n) is 5.38. The van der Waals surface area contributed by atoms with Crippen LogP contribution in [0, 0.1) is 0 Å². The molecule has 0 aliphatic heterocycles. The van der Waals surface area contributed by atoms with Gasteiger partial charge >= 0.3 is 6.18 Å². The van der Waals surface area contributed by atoms with Crippen molar-refractivity contribution in [3.63, 3.8) is 0 Å². The lowest BCUT2D eigenvalue weighted by Crippen LogP contribution is -2.15. The zero-order chi connectivity index (χ0) is 26.9. The summed E-state index contributed by atoms with van der Waals surface area (Å²) in [7, 11) is 0. The second-order valence-corrected chi connectivity index (χ2v) is 9.40. The summed E-state index contributed by atoms with van der Waals surface area (Å²) in [6, 6.07) is 11.5. The third kappa shape index (κ3) is 5.61. The Hall–Kier alpha value is -4.26. The summed E-state index contributed by atoms with van der Waals surface area (Å²) in [6.45, 7) is 3.75. The van der Waals surface area contributed by atoms with E-state index in [9.17, 15) is 22.8 Å². The molecule has 192 valence electrons. The molecule has 0 atom stereocenters. The number of nitrogens with zero attached hydrogens (tertiary/aromatic N) is 4. The fraction of sp³-hybridized carbons (Fsp3) is 0.208. The topological polar surface area (TPSA) is 142 Å². The van der Waals surface area contributed by atoms with Crippen LogP contribution >= 0.6 is 11.3 Å². The summed E-state index contributed by atoms with van der Waals surface area (Å²) >= 11 is 0.966. The number of nitrogen functional groups attached to an aromatic ring is 1. The van der Waals surface area contributed by atoms with E-state index in [1.807, 2.05) is 13.8 Å². The molecule has 2 aromatic carbocycles. The van der Waals surface area contributed by atoms with Gasteiger partial charge in [0, 0.05) is 17.2 Å². The largest absolute Gasteiger partial charge is 0.416 e. The Morgan fingerprint density at radius 2 is 1.78 bits per heavy atom. The molecule has 2 heterocycles. The molecule has 0 aliphatic rings. The number of anilines is 2. The Balaban J connectivity index is 1.45. The zero-order valence-corrected chi connectivity index (χ0v) is 20.5. The van der Waals surface area contributed by atoms with E-state index in [-0.39, 0.29) is 45.5 Å². The van der Waals surface area contributed by atoms with Crippen LogP contribution in [0.15, 0.2) is 48.5 Å². The number of nitrogens with one attached hydrogen (secondary N) is 1. The standard InChI is InChI=1S/C24H22F3N7O2S/c1-12(2)34-20(28)18(21(29)36)19(33-34)14-8-6-13(7-9-14)10-17(35)30-23-32-31-22(37-23)15-4-3-5-16(11-15)24(25,26)27/h3-9,11-12H,10,28H2,1-2H3,(H2,29,36)(H,30,32,35). The molecular formula is C24H22F3N7O2S. The minimum atomic E-state index is -4.48. The first-order chi connectivity index (χ1) is 17.4. The van der Waals surface area contributed by atoms with E-state index in [0.717, 1.165) is 23.5 Å². The Bertz CT molecular complexity index is 1460. The molecule has 0 aliphatic carbocycles. The fourth-order valence-electron chi connectivity index (χ4n) is 3.63. The van der Waals surface area contributed by atoms with Gasteiger partial charge in [0.25, 0.3) is 5.91 Å².